The van der Waals surface area contributed by atoms with Gasteiger partial charge in [-0.15, -0.1) is 13.2 Å². The molecule has 0 fully saturated rings. The highest BCUT2D eigenvalue weighted by atomic mass is 32.2. The lowest BCUT2D eigenvalue weighted by Crippen LogP contribution is -2.51. The number of nitrogens with one attached hydrogen (secondary N) is 3. The fourth-order valence-electron chi connectivity index (χ4n) is 2.54. The Morgan fingerprint density at radius 1 is 1.03 bits per heavy atom. The Balaban J connectivity index is 0.00000298. The van der Waals surface area contributed by atoms with Crippen molar-refractivity contribution in [3.05, 3.63) is 85.6 Å². The van der Waals surface area contributed by atoms with Crippen molar-refractivity contribution in [2.45, 2.75) is 17.5 Å². The molecule has 0 radical (unpaired) electrons. The Bertz CT molecular complexity index is 1120. The van der Waals surface area contributed by atoms with Crippen molar-refractivity contribution in [3.8, 4) is 5.75 Å². The van der Waals surface area contributed by atoms with Gasteiger partial charge in [0.15, 0.2) is 9.84 Å². The second-order valence-corrected chi connectivity index (χ2v) is 8.66. The maximum absolute atomic E-state index is 12.6. The highest BCUT2D eigenvalue weighted by Gasteiger charge is 2.29. The van der Waals surface area contributed by atoms with Crippen LogP contribution in [-0.2, 0) is 30.8 Å². The second kappa shape index (κ2) is 14.2. The summed E-state index contributed by atoms with van der Waals surface area (Å²) in [6, 6.07) is 12.5. The lowest BCUT2D eigenvalue weighted by Gasteiger charge is -2.18. The predicted molar refractivity (Wildman–Crippen MR) is 127 cm³/mol. The Morgan fingerprint density at radius 2 is 1.63 bits per heavy atom. The van der Waals surface area contributed by atoms with Gasteiger partial charge in [-0.2, -0.15) is 0 Å². The van der Waals surface area contributed by atoms with E-state index in [1.807, 2.05) is 0 Å². The Hall–Kier alpha value is -4.16. The maximum atomic E-state index is 12.6. The molecular formula is C23H27N3O8S. The lowest BCUT2D eigenvalue weighted by atomic mass is 10.2. The first-order valence-corrected chi connectivity index (χ1v) is 11.6. The molecule has 4 N–H and O–H groups in total. The summed E-state index contributed by atoms with van der Waals surface area (Å²) in [7, 11) is -2.64. The zero-order valence-corrected chi connectivity index (χ0v) is 19.8. The van der Waals surface area contributed by atoms with E-state index in [0.29, 0.717) is 11.3 Å². The van der Waals surface area contributed by atoms with Crippen LogP contribution in [-0.4, -0.2) is 50.4 Å². The molecule has 0 spiro atoms. The number of hydroxylamine groups is 1. The standard InChI is InChI=1S/C21H23N3O8S.C2H4/c1-14(22-21(27)32-12-15-6-4-3-5-7-15)19(25)23-18(20(26)24-28)13-33(29,30)17-10-8-16(31-2)9-11-17;1-2/h3-11,18,28H,1,12-13H2,2H3,(H,22,27)(H,23,25)(H,24,26);1-2H2. The van der Waals surface area contributed by atoms with Crippen LogP contribution in [0.4, 0.5) is 4.79 Å². The summed E-state index contributed by atoms with van der Waals surface area (Å²) in [4.78, 5) is 36.0. The predicted octanol–water partition coefficient (Wildman–Crippen LogP) is 1.70. The molecule has 12 heteroatoms. The summed E-state index contributed by atoms with van der Waals surface area (Å²) in [6.45, 7) is 9.32. The van der Waals surface area contributed by atoms with Crippen LogP contribution in [0.3, 0.4) is 0 Å². The van der Waals surface area contributed by atoms with E-state index in [2.05, 4.69) is 30.4 Å². The van der Waals surface area contributed by atoms with Crippen LogP contribution in [0, 0.1) is 0 Å². The molecule has 188 valence electrons. The van der Waals surface area contributed by atoms with Crippen molar-refractivity contribution in [2.24, 2.45) is 0 Å². The van der Waals surface area contributed by atoms with Crippen LogP contribution in [0.1, 0.15) is 5.56 Å². The van der Waals surface area contributed by atoms with E-state index in [-0.39, 0.29) is 11.5 Å². The van der Waals surface area contributed by atoms with Gasteiger partial charge < -0.3 is 14.8 Å². The number of sulfone groups is 1. The SMILES string of the molecule is C=C.C=C(NC(=O)OCc1ccccc1)C(=O)NC(CS(=O)(=O)c1ccc(OC)cc1)C(=O)NO. The van der Waals surface area contributed by atoms with Gasteiger partial charge in [0.05, 0.1) is 17.8 Å². The molecule has 0 aromatic heterocycles. The molecule has 0 aliphatic carbocycles. The average Bonchev–Trinajstić information content (AvgIpc) is 2.88. The summed E-state index contributed by atoms with van der Waals surface area (Å²) < 4.78 is 35.2. The molecule has 0 bridgehead atoms. The number of carbonyl (C=O) groups excluding carboxylic acids is 3. The normalized spacial score (nSPS) is 11.0. The van der Waals surface area contributed by atoms with E-state index in [0.717, 1.165) is 0 Å². The first kappa shape index (κ1) is 28.9. The number of hydrogen-bond acceptors (Lipinski definition) is 8. The fraction of sp³-hybridized carbons (Fsp3) is 0.174. The molecule has 35 heavy (non-hydrogen) atoms. The van der Waals surface area contributed by atoms with Crippen molar-refractivity contribution < 1.29 is 37.5 Å². The Labute approximate surface area is 203 Å². The summed E-state index contributed by atoms with van der Waals surface area (Å²) in [5.74, 6) is -2.68. The first-order valence-electron chi connectivity index (χ1n) is 9.94. The molecular weight excluding hydrogens is 478 g/mol. The van der Waals surface area contributed by atoms with E-state index in [4.69, 9.17) is 14.7 Å². The molecule has 0 saturated heterocycles. The number of amides is 3. The third kappa shape index (κ3) is 9.31. The number of rotatable bonds is 10. The molecule has 1 unspecified atom stereocenters. The van der Waals surface area contributed by atoms with E-state index in [1.165, 1.54) is 36.9 Å². The molecule has 0 aliphatic heterocycles. The molecule has 0 aliphatic rings. The van der Waals surface area contributed by atoms with Crippen molar-refractivity contribution in [3.63, 3.8) is 0 Å². The number of methoxy groups -OCH3 is 1. The van der Waals surface area contributed by atoms with Crippen LogP contribution in [0.25, 0.3) is 0 Å². The van der Waals surface area contributed by atoms with Gasteiger partial charge in [-0.05, 0) is 29.8 Å². The summed E-state index contributed by atoms with van der Waals surface area (Å²) >= 11 is 0. The highest BCUT2D eigenvalue weighted by molar-refractivity contribution is 7.91. The van der Waals surface area contributed by atoms with Crippen LogP contribution in [0.2, 0.25) is 0 Å². The minimum Gasteiger partial charge on any atom is -0.497 e. The third-order valence-corrected chi connectivity index (χ3v) is 6.04. The number of hydrogen-bond donors (Lipinski definition) is 4. The molecule has 2 aromatic carbocycles. The zero-order valence-electron chi connectivity index (χ0n) is 19.0. The molecule has 11 nitrogen and oxygen atoms in total. The second-order valence-electron chi connectivity index (χ2n) is 6.62. The van der Waals surface area contributed by atoms with Gasteiger partial charge in [0.25, 0.3) is 11.8 Å². The number of alkyl carbamates (subject to hydrolysis) is 1. The van der Waals surface area contributed by atoms with Crippen LogP contribution >= 0.6 is 0 Å². The summed E-state index contributed by atoms with van der Waals surface area (Å²) in [6.07, 6.45) is -0.979. The minimum atomic E-state index is -4.06. The monoisotopic (exact) mass is 505 g/mol. The summed E-state index contributed by atoms with van der Waals surface area (Å²) in [5.41, 5.74) is 1.52. The van der Waals surface area contributed by atoms with Gasteiger partial charge in [0.2, 0.25) is 0 Å². The van der Waals surface area contributed by atoms with Gasteiger partial charge in [0.1, 0.15) is 24.1 Å². The molecule has 0 heterocycles. The van der Waals surface area contributed by atoms with Gasteiger partial charge in [-0.25, -0.2) is 18.7 Å². The average molecular weight is 506 g/mol. The molecule has 3 amide bonds. The van der Waals surface area contributed by atoms with E-state index in [9.17, 15) is 22.8 Å². The van der Waals surface area contributed by atoms with Crippen LogP contribution in [0.15, 0.2) is 84.9 Å². The van der Waals surface area contributed by atoms with E-state index < -0.39 is 45.2 Å². The van der Waals surface area contributed by atoms with Gasteiger partial charge in [-0.3, -0.25) is 20.1 Å². The van der Waals surface area contributed by atoms with Crippen LogP contribution < -0.4 is 20.9 Å². The Kier molecular flexibility index (Phi) is 11.7. The van der Waals surface area contributed by atoms with Crippen molar-refractivity contribution >= 4 is 27.7 Å². The quantitative estimate of drug-likeness (QED) is 0.164. The topological polar surface area (TPSA) is 160 Å². The molecule has 0 saturated carbocycles. The van der Waals surface area contributed by atoms with Gasteiger partial charge >= 0.3 is 6.09 Å². The zero-order chi connectivity index (χ0) is 26.4. The third-order valence-electron chi connectivity index (χ3n) is 4.28. The van der Waals surface area contributed by atoms with E-state index >= 15 is 0 Å². The molecule has 2 rings (SSSR count). The van der Waals surface area contributed by atoms with E-state index in [1.54, 1.807) is 30.3 Å². The highest BCUT2D eigenvalue weighted by Crippen LogP contribution is 2.17. The number of ether oxygens (including phenoxy) is 2. The minimum absolute atomic E-state index is 0.0583. The Morgan fingerprint density at radius 3 is 2.17 bits per heavy atom. The fourth-order valence-corrected chi connectivity index (χ4v) is 3.96. The number of carbonyl (C=O) groups is 3. The van der Waals surface area contributed by atoms with Crippen molar-refractivity contribution in [1.29, 1.82) is 0 Å². The van der Waals surface area contributed by atoms with Gasteiger partial charge in [0, 0.05) is 0 Å². The maximum Gasteiger partial charge on any atom is 0.412 e. The van der Waals surface area contributed by atoms with Crippen LogP contribution in [0.5, 0.6) is 5.75 Å². The number of benzene rings is 2. The lowest BCUT2D eigenvalue weighted by molar-refractivity contribution is -0.133. The molecule has 1 atom stereocenters. The van der Waals surface area contributed by atoms with Crippen molar-refractivity contribution in [1.82, 2.24) is 16.1 Å². The smallest absolute Gasteiger partial charge is 0.412 e. The van der Waals surface area contributed by atoms with Crippen molar-refractivity contribution in [2.75, 3.05) is 12.9 Å². The molecule has 2 aromatic rings. The first-order chi connectivity index (χ1) is 16.7. The largest absolute Gasteiger partial charge is 0.497 e. The van der Waals surface area contributed by atoms with Gasteiger partial charge in [-0.1, -0.05) is 36.9 Å². The summed E-state index contributed by atoms with van der Waals surface area (Å²) in [5, 5.41) is 13.1.